The van der Waals surface area contributed by atoms with Crippen LogP contribution in [0.3, 0.4) is 0 Å². The van der Waals surface area contributed by atoms with Crippen LogP contribution in [0.25, 0.3) is 0 Å². The lowest BCUT2D eigenvalue weighted by atomic mass is 10.2. The normalized spacial score (nSPS) is 10.0. The summed E-state index contributed by atoms with van der Waals surface area (Å²) in [5.74, 6) is -0.172. The van der Waals surface area contributed by atoms with Crippen LogP contribution >= 0.6 is 0 Å². The van der Waals surface area contributed by atoms with Gasteiger partial charge in [0.1, 0.15) is 0 Å². The molecule has 0 unspecified atom stereocenters. The zero-order valence-electron chi connectivity index (χ0n) is 11.0. The Labute approximate surface area is 112 Å². The van der Waals surface area contributed by atoms with Crippen LogP contribution in [0.1, 0.15) is 23.0 Å². The maximum atomic E-state index is 12.3. The molecule has 2 N–H and O–H groups in total. The first kappa shape index (κ1) is 13.0. The van der Waals surface area contributed by atoms with Crippen LogP contribution in [0.5, 0.6) is 0 Å². The molecule has 0 saturated carbocycles. The summed E-state index contributed by atoms with van der Waals surface area (Å²) in [7, 11) is 0. The number of hydrogen-bond acceptors (Lipinski definition) is 4. The van der Waals surface area contributed by atoms with Gasteiger partial charge < -0.3 is 10.6 Å². The van der Waals surface area contributed by atoms with Crippen molar-refractivity contribution in [3.63, 3.8) is 0 Å². The Hall–Kier alpha value is -2.43. The van der Waals surface area contributed by atoms with E-state index in [9.17, 15) is 4.79 Å². The van der Waals surface area contributed by atoms with Gasteiger partial charge >= 0.3 is 0 Å². The minimum atomic E-state index is -0.172. The molecule has 1 amide bonds. The molecule has 0 aliphatic rings. The van der Waals surface area contributed by atoms with Gasteiger partial charge in [-0.25, -0.2) is 0 Å². The summed E-state index contributed by atoms with van der Waals surface area (Å²) < 4.78 is 0. The molecule has 0 saturated heterocycles. The fourth-order valence-corrected chi connectivity index (χ4v) is 1.73. The number of carbonyl (C=O) groups excluding carboxylic acids is 1. The monoisotopic (exact) mass is 256 g/mol. The molecule has 0 aliphatic carbocycles. The van der Waals surface area contributed by atoms with E-state index >= 15 is 0 Å². The van der Waals surface area contributed by atoms with Crippen LogP contribution in [0.15, 0.2) is 36.8 Å². The van der Waals surface area contributed by atoms with Gasteiger partial charge in [-0.3, -0.25) is 14.8 Å². The summed E-state index contributed by atoms with van der Waals surface area (Å²) in [5.41, 5.74) is 2.80. The number of amides is 1. The number of anilines is 2. The first-order valence-electron chi connectivity index (χ1n) is 6.13. The van der Waals surface area contributed by atoms with Crippen LogP contribution in [0, 0.1) is 6.92 Å². The number of carbonyl (C=O) groups is 1. The average Bonchev–Trinajstić information content (AvgIpc) is 2.42. The van der Waals surface area contributed by atoms with Gasteiger partial charge in [0.25, 0.3) is 5.91 Å². The molecule has 5 nitrogen and oxygen atoms in total. The smallest absolute Gasteiger partial charge is 0.257 e. The Morgan fingerprint density at radius 1 is 1.26 bits per heavy atom. The molecule has 0 atom stereocenters. The maximum Gasteiger partial charge on any atom is 0.257 e. The molecule has 2 aromatic heterocycles. The number of hydrogen-bond donors (Lipinski definition) is 2. The Balaban J connectivity index is 2.23. The fraction of sp³-hybridized carbons (Fsp3) is 0.214. The van der Waals surface area contributed by atoms with Gasteiger partial charge in [-0.15, -0.1) is 0 Å². The van der Waals surface area contributed by atoms with E-state index in [1.54, 1.807) is 30.7 Å². The number of nitrogens with one attached hydrogen (secondary N) is 2. The molecular weight excluding hydrogens is 240 g/mol. The van der Waals surface area contributed by atoms with Crippen molar-refractivity contribution in [2.75, 3.05) is 17.2 Å². The number of pyridine rings is 2. The highest BCUT2D eigenvalue weighted by Crippen LogP contribution is 2.17. The quantitative estimate of drug-likeness (QED) is 0.881. The summed E-state index contributed by atoms with van der Waals surface area (Å²) in [6.45, 7) is 4.56. The zero-order chi connectivity index (χ0) is 13.7. The van der Waals surface area contributed by atoms with E-state index in [0.717, 1.165) is 17.9 Å². The summed E-state index contributed by atoms with van der Waals surface area (Å²) >= 11 is 0. The molecule has 0 aromatic carbocycles. The molecule has 0 spiro atoms. The van der Waals surface area contributed by atoms with Crippen molar-refractivity contribution in [1.82, 2.24) is 9.97 Å². The fourth-order valence-electron chi connectivity index (χ4n) is 1.73. The second-order valence-corrected chi connectivity index (χ2v) is 4.04. The van der Waals surface area contributed by atoms with Crippen LogP contribution in [0.2, 0.25) is 0 Å². The Morgan fingerprint density at radius 3 is 2.84 bits per heavy atom. The third-order valence-corrected chi connectivity index (χ3v) is 2.69. The first-order chi connectivity index (χ1) is 9.22. The molecule has 0 bridgehead atoms. The van der Waals surface area contributed by atoms with Crippen molar-refractivity contribution in [3.05, 3.63) is 48.0 Å². The third kappa shape index (κ3) is 3.07. The van der Waals surface area contributed by atoms with Gasteiger partial charge in [0.05, 0.1) is 28.8 Å². The van der Waals surface area contributed by atoms with Gasteiger partial charge in [-0.2, -0.15) is 0 Å². The van der Waals surface area contributed by atoms with Gasteiger partial charge in [0.15, 0.2) is 0 Å². The van der Waals surface area contributed by atoms with Gasteiger partial charge in [0, 0.05) is 18.9 Å². The van der Waals surface area contributed by atoms with E-state index in [2.05, 4.69) is 20.6 Å². The van der Waals surface area contributed by atoms with E-state index in [-0.39, 0.29) is 5.91 Å². The molecule has 0 fully saturated rings. The van der Waals surface area contributed by atoms with Gasteiger partial charge in [0.2, 0.25) is 0 Å². The first-order valence-corrected chi connectivity index (χ1v) is 6.13. The molecule has 0 aliphatic heterocycles. The van der Waals surface area contributed by atoms with Crippen molar-refractivity contribution < 1.29 is 4.79 Å². The summed E-state index contributed by atoms with van der Waals surface area (Å²) in [5, 5.41) is 5.97. The van der Waals surface area contributed by atoms with Crippen molar-refractivity contribution >= 4 is 17.3 Å². The van der Waals surface area contributed by atoms with E-state index in [1.165, 1.54) is 0 Å². The van der Waals surface area contributed by atoms with Crippen LogP contribution in [-0.4, -0.2) is 22.4 Å². The molecule has 5 heteroatoms. The predicted molar refractivity (Wildman–Crippen MR) is 75.3 cm³/mol. The van der Waals surface area contributed by atoms with Gasteiger partial charge in [-0.1, -0.05) is 0 Å². The molecule has 2 rings (SSSR count). The largest absolute Gasteiger partial charge is 0.383 e. The number of rotatable bonds is 4. The van der Waals surface area contributed by atoms with Crippen LogP contribution in [0.4, 0.5) is 11.4 Å². The highest BCUT2D eigenvalue weighted by Gasteiger charge is 2.12. The third-order valence-electron chi connectivity index (χ3n) is 2.69. The number of nitrogens with zero attached hydrogens (tertiary/aromatic N) is 2. The lowest BCUT2D eigenvalue weighted by Crippen LogP contribution is -2.15. The standard InChI is InChI=1S/C14H16N4O/c1-3-16-13-9-15-8-6-11(13)14(19)18-12-5-4-7-17-10(12)2/h4-9,16H,3H2,1-2H3,(H,18,19). The van der Waals surface area contributed by atoms with Crippen LogP contribution < -0.4 is 10.6 Å². The molecule has 2 heterocycles. The predicted octanol–water partition coefficient (Wildman–Crippen LogP) is 2.47. The summed E-state index contributed by atoms with van der Waals surface area (Å²) in [6.07, 6.45) is 4.95. The van der Waals surface area contributed by atoms with Crippen molar-refractivity contribution in [3.8, 4) is 0 Å². The molecular formula is C14H16N4O. The molecule has 98 valence electrons. The summed E-state index contributed by atoms with van der Waals surface area (Å²) in [4.78, 5) is 20.4. The summed E-state index contributed by atoms with van der Waals surface area (Å²) in [6, 6.07) is 5.31. The van der Waals surface area contributed by atoms with Crippen molar-refractivity contribution in [1.29, 1.82) is 0 Å². The second-order valence-electron chi connectivity index (χ2n) is 4.04. The van der Waals surface area contributed by atoms with E-state index in [4.69, 9.17) is 0 Å². The highest BCUT2D eigenvalue weighted by atomic mass is 16.1. The molecule has 19 heavy (non-hydrogen) atoms. The highest BCUT2D eigenvalue weighted by molar-refractivity contribution is 6.08. The van der Waals surface area contributed by atoms with E-state index in [0.29, 0.717) is 11.3 Å². The lowest BCUT2D eigenvalue weighted by Gasteiger charge is -2.11. The maximum absolute atomic E-state index is 12.3. The minimum Gasteiger partial charge on any atom is -0.383 e. The average molecular weight is 256 g/mol. The Bertz CT molecular complexity index is 583. The number of aryl methyl sites for hydroxylation is 1. The van der Waals surface area contributed by atoms with Gasteiger partial charge in [-0.05, 0) is 32.0 Å². The zero-order valence-corrected chi connectivity index (χ0v) is 11.0. The number of aromatic nitrogens is 2. The second kappa shape index (κ2) is 5.95. The van der Waals surface area contributed by atoms with Crippen molar-refractivity contribution in [2.45, 2.75) is 13.8 Å². The van der Waals surface area contributed by atoms with E-state index in [1.807, 2.05) is 19.9 Å². The topological polar surface area (TPSA) is 66.9 Å². The minimum absolute atomic E-state index is 0.172. The van der Waals surface area contributed by atoms with Crippen LogP contribution in [-0.2, 0) is 0 Å². The Morgan fingerprint density at radius 2 is 2.11 bits per heavy atom. The Kier molecular flexibility index (Phi) is 4.07. The molecule has 2 aromatic rings. The molecule has 0 radical (unpaired) electrons. The lowest BCUT2D eigenvalue weighted by molar-refractivity contribution is 0.102. The SMILES string of the molecule is CCNc1cnccc1C(=O)Nc1cccnc1C. The van der Waals surface area contributed by atoms with E-state index < -0.39 is 0 Å². The van der Waals surface area contributed by atoms with Crippen molar-refractivity contribution in [2.24, 2.45) is 0 Å².